The molecule has 3 nitrogen and oxygen atoms in total. The number of nitrogen functional groups attached to an aromatic ring is 1. The fourth-order valence-corrected chi connectivity index (χ4v) is 2.49. The lowest BCUT2D eigenvalue weighted by atomic mass is 10.1. The minimum atomic E-state index is -0.385. The van der Waals surface area contributed by atoms with E-state index in [1.807, 2.05) is 0 Å². The van der Waals surface area contributed by atoms with Gasteiger partial charge in [-0.05, 0) is 30.3 Å². The largest absolute Gasteiger partial charge is 0.398 e. The highest BCUT2D eigenvalue weighted by molar-refractivity contribution is 9.10. The molecule has 0 fully saturated rings. The summed E-state index contributed by atoms with van der Waals surface area (Å²) in [5, 5.41) is 3.56. The van der Waals surface area contributed by atoms with Gasteiger partial charge in [-0.25, -0.2) is 0 Å². The molecule has 104 valence electrons. The van der Waals surface area contributed by atoms with Gasteiger partial charge < -0.3 is 11.1 Å². The van der Waals surface area contributed by atoms with Gasteiger partial charge in [0.1, 0.15) is 0 Å². The predicted molar refractivity (Wildman–Crippen MR) is 88.0 cm³/mol. The van der Waals surface area contributed by atoms with Gasteiger partial charge in [0, 0.05) is 10.2 Å². The van der Waals surface area contributed by atoms with Gasteiger partial charge in [-0.3, -0.25) is 4.79 Å². The summed E-state index contributed by atoms with van der Waals surface area (Å²) in [5.74, 6) is -0.385. The summed E-state index contributed by atoms with van der Waals surface area (Å²) in [7, 11) is 0. The lowest BCUT2D eigenvalue weighted by Gasteiger charge is -2.10. The van der Waals surface area contributed by atoms with Gasteiger partial charge in [-0.15, -0.1) is 0 Å². The zero-order chi connectivity index (χ0) is 14.9. The average Bonchev–Trinajstić information content (AvgIpc) is 2.38. The zero-order valence-corrected chi connectivity index (χ0v) is 13.7. The number of benzene rings is 2. The highest BCUT2D eigenvalue weighted by Crippen LogP contribution is 2.32. The first-order chi connectivity index (χ1) is 9.38. The molecule has 2 rings (SSSR count). The van der Waals surface area contributed by atoms with Crippen LogP contribution in [0.25, 0.3) is 0 Å². The molecule has 0 aliphatic rings. The van der Waals surface area contributed by atoms with Gasteiger partial charge >= 0.3 is 0 Å². The molecule has 0 radical (unpaired) electrons. The molecule has 0 spiro atoms. The number of amides is 1. The van der Waals surface area contributed by atoms with Crippen molar-refractivity contribution in [2.75, 3.05) is 11.1 Å². The third-order valence-corrected chi connectivity index (χ3v) is 4.05. The summed E-state index contributed by atoms with van der Waals surface area (Å²) in [6.07, 6.45) is 0. The number of nitrogens with two attached hydrogens (primary N) is 1. The Labute approximate surface area is 139 Å². The van der Waals surface area contributed by atoms with Crippen molar-refractivity contribution in [1.29, 1.82) is 0 Å². The molecule has 2 aromatic carbocycles. The van der Waals surface area contributed by atoms with Crippen molar-refractivity contribution in [2.45, 2.75) is 0 Å². The van der Waals surface area contributed by atoms with Gasteiger partial charge in [0.25, 0.3) is 5.91 Å². The highest BCUT2D eigenvalue weighted by Gasteiger charge is 2.13. The van der Waals surface area contributed by atoms with E-state index in [4.69, 9.17) is 40.5 Å². The highest BCUT2D eigenvalue weighted by atomic mass is 79.9. The van der Waals surface area contributed by atoms with Crippen LogP contribution in [0.5, 0.6) is 0 Å². The van der Waals surface area contributed by atoms with E-state index in [0.717, 1.165) is 4.47 Å². The Bertz CT molecular complexity index is 692. The van der Waals surface area contributed by atoms with Crippen molar-refractivity contribution in [1.82, 2.24) is 0 Å². The number of rotatable bonds is 2. The van der Waals surface area contributed by atoms with Crippen molar-refractivity contribution >= 4 is 68.0 Å². The molecule has 3 N–H and O–H groups in total. The Kier molecular flexibility index (Phi) is 4.81. The van der Waals surface area contributed by atoms with Crippen molar-refractivity contribution in [3.05, 3.63) is 55.4 Å². The van der Waals surface area contributed by atoms with E-state index in [9.17, 15) is 4.79 Å². The second-order valence-corrected chi connectivity index (χ2v) is 6.07. The molecule has 0 bridgehead atoms. The third-order valence-electron chi connectivity index (χ3n) is 2.52. The number of anilines is 2. The lowest BCUT2D eigenvalue weighted by molar-refractivity contribution is 0.102. The van der Waals surface area contributed by atoms with Crippen LogP contribution >= 0.6 is 50.7 Å². The molecule has 0 aliphatic heterocycles. The molecule has 20 heavy (non-hydrogen) atoms. The summed E-state index contributed by atoms with van der Waals surface area (Å²) in [4.78, 5) is 12.2. The fourth-order valence-electron chi connectivity index (χ4n) is 1.53. The molecule has 7 heteroatoms. The smallest absolute Gasteiger partial charge is 0.257 e. The number of hydrogen-bond acceptors (Lipinski definition) is 2. The molecule has 0 atom stereocenters. The number of carbonyl (C=O) groups excluding carboxylic acids is 1. The minimum Gasteiger partial charge on any atom is -0.398 e. The first-order valence-corrected chi connectivity index (χ1v) is 7.32. The van der Waals surface area contributed by atoms with E-state index >= 15 is 0 Å². The molecule has 0 saturated heterocycles. The van der Waals surface area contributed by atoms with E-state index in [1.165, 1.54) is 12.1 Å². The molecule has 0 aromatic heterocycles. The summed E-state index contributed by atoms with van der Waals surface area (Å²) >= 11 is 21.0. The summed E-state index contributed by atoms with van der Waals surface area (Å²) in [6.45, 7) is 0. The van der Waals surface area contributed by atoms with Crippen molar-refractivity contribution in [3.63, 3.8) is 0 Å². The minimum absolute atomic E-state index is 0.293. The number of nitrogens with one attached hydrogen (secondary N) is 1. The van der Waals surface area contributed by atoms with Gasteiger partial charge in [0.15, 0.2) is 0 Å². The molecule has 0 heterocycles. The van der Waals surface area contributed by atoms with Crippen molar-refractivity contribution in [2.24, 2.45) is 0 Å². The van der Waals surface area contributed by atoms with Crippen LogP contribution < -0.4 is 11.1 Å². The predicted octanol–water partition coefficient (Wildman–Crippen LogP) is 5.24. The van der Waals surface area contributed by atoms with E-state index in [1.54, 1.807) is 18.2 Å². The van der Waals surface area contributed by atoms with E-state index < -0.39 is 0 Å². The third kappa shape index (κ3) is 3.38. The monoisotopic (exact) mass is 392 g/mol. The Morgan fingerprint density at radius 2 is 1.70 bits per heavy atom. The second kappa shape index (κ2) is 6.22. The van der Waals surface area contributed by atoms with Gasteiger partial charge in [-0.1, -0.05) is 50.7 Å². The maximum atomic E-state index is 12.2. The summed E-state index contributed by atoms with van der Waals surface area (Å²) in [6, 6.07) is 7.95. The van der Waals surface area contributed by atoms with E-state index in [0.29, 0.717) is 32.0 Å². The maximum Gasteiger partial charge on any atom is 0.257 e. The molecule has 0 unspecified atom stereocenters. The fraction of sp³-hybridized carbons (Fsp3) is 0. The molecular formula is C13H8BrCl3N2O. The van der Waals surface area contributed by atoms with Crippen LogP contribution in [0.15, 0.2) is 34.8 Å². The Balaban J connectivity index is 2.32. The first kappa shape index (κ1) is 15.4. The van der Waals surface area contributed by atoms with Gasteiger partial charge in [-0.2, -0.15) is 0 Å². The number of carbonyl (C=O) groups is 1. The quantitative estimate of drug-likeness (QED) is 0.540. The Hall–Kier alpha value is -0.940. The topological polar surface area (TPSA) is 55.1 Å². The van der Waals surface area contributed by atoms with E-state index in [2.05, 4.69) is 21.2 Å². The number of halogens is 4. The molecule has 0 aliphatic carbocycles. The zero-order valence-electron chi connectivity index (χ0n) is 9.88. The van der Waals surface area contributed by atoms with Crippen LogP contribution in [0.3, 0.4) is 0 Å². The Morgan fingerprint density at radius 3 is 2.40 bits per heavy atom. The maximum absolute atomic E-state index is 12.2. The standard InChI is InChI=1S/C13H8BrCl3N2O/c14-6-1-2-11(18)7(3-6)13(20)19-12-5-9(16)8(15)4-10(12)17/h1-5H,18H2,(H,19,20). The van der Waals surface area contributed by atoms with Crippen LogP contribution in [-0.2, 0) is 0 Å². The molecule has 0 saturated carbocycles. The Morgan fingerprint density at radius 1 is 1.05 bits per heavy atom. The van der Waals surface area contributed by atoms with Crippen molar-refractivity contribution < 1.29 is 4.79 Å². The van der Waals surface area contributed by atoms with Crippen LogP contribution in [-0.4, -0.2) is 5.91 Å². The van der Waals surface area contributed by atoms with Crippen LogP contribution in [0.4, 0.5) is 11.4 Å². The molecular weight excluding hydrogens is 386 g/mol. The number of hydrogen-bond donors (Lipinski definition) is 2. The molecule has 1 amide bonds. The van der Waals surface area contributed by atoms with E-state index in [-0.39, 0.29) is 5.91 Å². The summed E-state index contributed by atoms with van der Waals surface area (Å²) in [5.41, 5.74) is 6.84. The average molecular weight is 394 g/mol. The molecule has 2 aromatic rings. The van der Waals surface area contributed by atoms with Gasteiger partial charge in [0.2, 0.25) is 0 Å². The van der Waals surface area contributed by atoms with Crippen LogP contribution in [0.2, 0.25) is 15.1 Å². The second-order valence-electron chi connectivity index (χ2n) is 3.93. The van der Waals surface area contributed by atoms with Gasteiger partial charge in [0.05, 0.1) is 26.3 Å². The van der Waals surface area contributed by atoms with Crippen LogP contribution in [0, 0.1) is 0 Å². The van der Waals surface area contributed by atoms with Crippen LogP contribution in [0.1, 0.15) is 10.4 Å². The lowest BCUT2D eigenvalue weighted by Crippen LogP contribution is -2.14. The first-order valence-electron chi connectivity index (χ1n) is 5.39. The normalized spacial score (nSPS) is 10.4. The SMILES string of the molecule is Nc1ccc(Br)cc1C(=O)Nc1cc(Cl)c(Cl)cc1Cl. The summed E-state index contributed by atoms with van der Waals surface area (Å²) < 4.78 is 0.747. The van der Waals surface area contributed by atoms with Crippen molar-refractivity contribution in [3.8, 4) is 0 Å².